The predicted octanol–water partition coefficient (Wildman–Crippen LogP) is 2.99. The van der Waals surface area contributed by atoms with Crippen molar-refractivity contribution < 1.29 is 0 Å². The first-order chi connectivity index (χ1) is 7.27. The van der Waals surface area contributed by atoms with Crippen LogP contribution in [0.1, 0.15) is 27.7 Å². The summed E-state index contributed by atoms with van der Waals surface area (Å²) in [5.74, 6) is 0. The number of nitrogens with two attached hydrogens (primary N) is 1. The van der Waals surface area contributed by atoms with Gasteiger partial charge in [0.2, 0.25) is 0 Å². The molecule has 1 aliphatic heterocycles. The second kappa shape index (κ2) is 4.25. The van der Waals surface area contributed by atoms with Crippen LogP contribution < -0.4 is 5.73 Å². The van der Waals surface area contributed by atoms with E-state index in [-0.39, 0.29) is 5.41 Å². The minimum Gasteiger partial charge on any atom is -0.317 e. The zero-order chi connectivity index (χ0) is 12.4. The SMILES string of the molecule is C=C=CC1=NC=CC(C(C)(C)C)=CC1(C)N. The van der Waals surface area contributed by atoms with Gasteiger partial charge in [-0.25, -0.2) is 0 Å². The number of hydrogen-bond acceptors (Lipinski definition) is 2. The standard InChI is InChI=1S/C14H20N2/c1-6-7-12-14(5,15)10-11(8-9-16-12)13(2,3)4/h7-10H,1,15H2,2-5H3. The number of allylic oxidation sites excluding steroid dienone is 2. The van der Waals surface area contributed by atoms with Gasteiger partial charge in [-0.2, -0.15) is 0 Å². The van der Waals surface area contributed by atoms with Crippen molar-refractivity contribution in [3.05, 3.63) is 42.3 Å². The molecule has 0 fully saturated rings. The molecular formula is C14H20N2. The van der Waals surface area contributed by atoms with Crippen LogP contribution in [-0.2, 0) is 0 Å². The number of aliphatic imine (C=N–C) groups is 1. The molecular weight excluding hydrogens is 196 g/mol. The molecule has 0 saturated heterocycles. The van der Waals surface area contributed by atoms with Gasteiger partial charge in [0.05, 0.1) is 11.3 Å². The highest BCUT2D eigenvalue weighted by molar-refractivity contribution is 6.04. The average Bonchev–Trinajstić information content (AvgIpc) is 2.26. The van der Waals surface area contributed by atoms with E-state index in [1.54, 1.807) is 12.3 Å². The van der Waals surface area contributed by atoms with Gasteiger partial charge in [0.15, 0.2) is 0 Å². The monoisotopic (exact) mass is 216 g/mol. The molecule has 1 heterocycles. The van der Waals surface area contributed by atoms with Gasteiger partial charge in [-0.15, -0.1) is 5.73 Å². The van der Waals surface area contributed by atoms with Crippen LogP contribution in [-0.4, -0.2) is 11.3 Å². The summed E-state index contributed by atoms with van der Waals surface area (Å²) in [6.45, 7) is 12.0. The summed E-state index contributed by atoms with van der Waals surface area (Å²) in [6, 6.07) is 0. The highest BCUT2D eigenvalue weighted by Crippen LogP contribution is 2.29. The van der Waals surface area contributed by atoms with Crippen molar-refractivity contribution in [2.45, 2.75) is 33.2 Å². The fourth-order valence-corrected chi connectivity index (χ4v) is 1.54. The molecule has 1 aliphatic rings. The first kappa shape index (κ1) is 12.7. The molecule has 0 spiro atoms. The highest BCUT2D eigenvalue weighted by atomic mass is 14.8. The Balaban J connectivity index is 3.23. The van der Waals surface area contributed by atoms with E-state index >= 15 is 0 Å². The van der Waals surface area contributed by atoms with E-state index in [1.807, 2.05) is 13.0 Å². The lowest BCUT2D eigenvalue weighted by atomic mass is 9.82. The Labute approximate surface area is 98.0 Å². The Morgan fingerprint density at radius 1 is 1.50 bits per heavy atom. The zero-order valence-electron chi connectivity index (χ0n) is 10.5. The van der Waals surface area contributed by atoms with Gasteiger partial charge in [0.25, 0.3) is 0 Å². The van der Waals surface area contributed by atoms with Gasteiger partial charge >= 0.3 is 0 Å². The van der Waals surface area contributed by atoms with Crippen molar-refractivity contribution in [3.63, 3.8) is 0 Å². The Bertz CT molecular complexity index is 409. The van der Waals surface area contributed by atoms with Crippen molar-refractivity contribution >= 4 is 5.71 Å². The van der Waals surface area contributed by atoms with Crippen LogP contribution in [0.3, 0.4) is 0 Å². The molecule has 0 aromatic heterocycles. The third-order valence-corrected chi connectivity index (χ3v) is 2.58. The number of hydrogen-bond donors (Lipinski definition) is 1. The maximum atomic E-state index is 6.25. The third-order valence-electron chi connectivity index (χ3n) is 2.58. The first-order valence-corrected chi connectivity index (χ1v) is 5.40. The Morgan fingerprint density at radius 3 is 2.62 bits per heavy atom. The first-order valence-electron chi connectivity index (χ1n) is 5.40. The van der Waals surface area contributed by atoms with Crippen LogP contribution in [0.25, 0.3) is 0 Å². The lowest BCUT2D eigenvalue weighted by molar-refractivity contribution is 0.511. The van der Waals surface area contributed by atoms with Crippen molar-refractivity contribution in [1.29, 1.82) is 0 Å². The van der Waals surface area contributed by atoms with E-state index in [4.69, 9.17) is 5.73 Å². The summed E-state index contributed by atoms with van der Waals surface area (Å²) < 4.78 is 0. The molecule has 0 aromatic carbocycles. The summed E-state index contributed by atoms with van der Waals surface area (Å²) in [5, 5.41) is 0. The summed E-state index contributed by atoms with van der Waals surface area (Å²) >= 11 is 0. The van der Waals surface area contributed by atoms with Crippen molar-refractivity contribution in [2.75, 3.05) is 0 Å². The lowest BCUT2D eigenvalue weighted by Gasteiger charge is -2.25. The predicted molar refractivity (Wildman–Crippen MR) is 70.4 cm³/mol. The van der Waals surface area contributed by atoms with Crippen molar-refractivity contribution in [3.8, 4) is 0 Å². The maximum Gasteiger partial charge on any atom is 0.0752 e. The molecule has 0 amide bonds. The Kier molecular flexibility index (Phi) is 3.37. The highest BCUT2D eigenvalue weighted by Gasteiger charge is 2.26. The number of rotatable bonds is 1. The third kappa shape index (κ3) is 2.82. The zero-order valence-corrected chi connectivity index (χ0v) is 10.5. The molecule has 2 heteroatoms. The van der Waals surface area contributed by atoms with E-state index in [1.165, 1.54) is 5.57 Å². The minimum atomic E-state index is -0.573. The Morgan fingerprint density at radius 2 is 2.12 bits per heavy atom. The fourth-order valence-electron chi connectivity index (χ4n) is 1.54. The van der Waals surface area contributed by atoms with Gasteiger partial charge in [-0.05, 0) is 24.0 Å². The summed E-state index contributed by atoms with van der Waals surface area (Å²) in [4.78, 5) is 4.33. The van der Waals surface area contributed by atoms with E-state index in [0.717, 1.165) is 5.71 Å². The van der Waals surface area contributed by atoms with E-state index in [0.29, 0.717) is 0 Å². The molecule has 0 aromatic rings. The van der Waals surface area contributed by atoms with Crippen LogP contribution >= 0.6 is 0 Å². The molecule has 86 valence electrons. The number of nitrogens with zero attached hydrogens (tertiary/aromatic N) is 1. The van der Waals surface area contributed by atoms with Gasteiger partial charge in [0, 0.05) is 12.3 Å². The molecule has 0 bridgehead atoms. The van der Waals surface area contributed by atoms with Crippen LogP contribution in [0, 0.1) is 5.41 Å². The minimum absolute atomic E-state index is 0.0694. The van der Waals surface area contributed by atoms with E-state index < -0.39 is 5.54 Å². The van der Waals surface area contributed by atoms with Crippen LogP contribution in [0.4, 0.5) is 0 Å². The molecule has 1 unspecified atom stereocenters. The van der Waals surface area contributed by atoms with Gasteiger partial charge < -0.3 is 5.73 Å². The Hall–Kier alpha value is -1.37. The fraction of sp³-hybridized carbons (Fsp3) is 0.429. The molecule has 2 N–H and O–H groups in total. The molecule has 2 nitrogen and oxygen atoms in total. The van der Waals surface area contributed by atoms with Gasteiger partial charge in [-0.1, -0.05) is 33.4 Å². The second-order valence-corrected chi connectivity index (χ2v) is 5.31. The van der Waals surface area contributed by atoms with E-state index in [2.05, 4.69) is 44.1 Å². The lowest BCUT2D eigenvalue weighted by Crippen LogP contribution is -2.42. The second-order valence-electron chi connectivity index (χ2n) is 5.31. The molecule has 16 heavy (non-hydrogen) atoms. The molecule has 1 rings (SSSR count). The summed E-state index contributed by atoms with van der Waals surface area (Å²) in [5.41, 5.74) is 10.4. The largest absolute Gasteiger partial charge is 0.317 e. The van der Waals surface area contributed by atoms with Gasteiger partial charge in [0.1, 0.15) is 0 Å². The summed E-state index contributed by atoms with van der Waals surface area (Å²) in [6.07, 6.45) is 7.59. The smallest absolute Gasteiger partial charge is 0.0752 e. The topological polar surface area (TPSA) is 38.4 Å². The van der Waals surface area contributed by atoms with Crippen LogP contribution in [0.15, 0.2) is 47.3 Å². The summed E-state index contributed by atoms with van der Waals surface area (Å²) in [7, 11) is 0. The average molecular weight is 216 g/mol. The molecule has 0 saturated carbocycles. The molecule has 1 atom stereocenters. The van der Waals surface area contributed by atoms with Gasteiger partial charge in [-0.3, -0.25) is 4.99 Å². The van der Waals surface area contributed by atoms with E-state index in [9.17, 15) is 0 Å². The van der Waals surface area contributed by atoms with Crippen molar-refractivity contribution in [2.24, 2.45) is 16.1 Å². The maximum absolute atomic E-state index is 6.25. The molecule has 0 aliphatic carbocycles. The van der Waals surface area contributed by atoms with Crippen LogP contribution in [0.2, 0.25) is 0 Å². The quantitative estimate of drug-likeness (QED) is 0.672. The normalized spacial score (nSPS) is 25.3. The van der Waals surface area contributed by atoms with Crippen molar-refractivity contribution in [1.82, 2.24) is 0 Å². The van der Waals surface area contributed by atoms with Crippen LogP contribution in [0.5, 0.6) is 0 Å². The molecule has 0 radical (unpaired) electrons.